The first kappa shape index (κ1) is 28.1. The van der Waals surface area contributed by atoms with Crippen LogP contribution in [0.25, 0.3) is 6.08 Å². The second kappa shape index (κ2) is 10.8. The van der Waals surface area contributed by atoms with Crippen LogP contribution in [0.15, 0.2) is 59.7 Å². The van der Waals surface area contributed by atoms with E-state index in [-0.39, 0.29) is 22.7 Å². The maximum Gasteiger partial charge on any atom is 0.330 e. The normalized spacial score (nSPS) is 16.3. The van der Waals surface area contributed by atoms with Crippen LogP contribution in [0.1, 0.15) is 72.9 Å². The number of ether oxygens (including phenoxy) is 3. The number of rotatable bonds is 7. The molecule has 2 aromatic carbocycles. The molecule has 0 unspecified atom stereocenters. The molecule has 0 saturated carbocycles. The summed E-state index contributed by atoms with van der Waals surface area (Å²) in [6, 6.07) is 13.0. The van der Waals surface area contributed by atoms with Crippen molar-refractivity contribution in [3.8, 4) is 11.5 Å². The zero-order chi connectivity index (χ0) is 29.4. The van der Waals surface area contributed by atoms with Gasteiger partial charge in [-0.2, -0.15) is 0 Å². The molecule has 2 aliphatic heterocycles. The predicted octanol–water partition coefficient (Wildman–Crippen LogP) is 5.80. The average molecular weight is 554 g/mol. The van der Waals surface area contributed by atoms with Crippen LogP contribution < -0.4 is 14.8 Å². The fourth-order valence-corrected chi connectivity index (χ4v) is 5.41. The first-order chi connectivity index (χ1) is 19.5. The van der Waals surface area contributed by atoms with Gasteiger partial charge in [0.25, 0.3) is 5.91 Å². The van der Waals surface area contributed by atoms with Gasteiger partial charge in [-0.15, -0.1) is 0 Å². The van der Waals surface area contributed by atoms with Crippen molar-refractivity contribution in [2.75, 3.05) is 19.0 Å². The lowest BCUT2D eigenvalue weighted by molar-refractivity contribution is -0.134. The number of carbonyl (C=O) groups is 2. The maximum atomic E-state index is 13.1. The molecule has 0 radical (unpaired) electrons. The topological polar surface area (TPSA) is 99.1 Å². The van der Waals surface area contributed by atoms with Gasteiger partial charge < -0.3 is 19.5 Å². The lowest BCUT2D eigenvalue weighted by Crippen LogP contribution is -2.30. The van der Waals surface area contributed by atoms with Gasteiger partial charge in [0.05, 0.1) is 25.0 Å². The second-order valence-corrected chi connectivity index (χ2v) is 11.5. The van der Waals surface area contributed by atoms with Crippen molar-refractivity contribution in [1.29, 1.82) is 0 Å². The zero-order valence-electron chi connectivity index (χ0n) is 24.3. The Morgan fingerprint density at radius 1 is 1.10 bits per heavy atom. The summed E-state index contributed by atoms with van der Waals surface area (Å²) in [5.41, 5.74) is 5.63. The molecule has 0 saturated heterocycles. The average Bonchev–Trinajstić information content (AvgIpc) is 3.26. The zero-order valence-corrected chi connectivity index (χ0v) is 24.3. The summed E-state index contributed by atoms with van der Waals surface area (Å²) < 4.78 is 17.2. The van der Waals surface area contributed by atoms with E-state index in [2.05, 4.69) is 44.1 Å². The Morgan fingerprint density at radius 2 is 1.90 bits per heavy atom. The number of aromatic nitrogens is 1. The molecule has 212 valence electrons. The third-order valence-electron chi connectivity index (χ3n) is 7.05. The summed E-state index contributed by atoms with van der Waals surface area (Å²) in [5.74, 6) is 0.672. The summed E-state index contributed by atoms with van der Waals surface area (Å²) in [7, 11) is 1.32. The van der Waals surface area contributed by atoms with Crippen LogP contribution in [0.4, 0.5) is 5.69 Å². The number of carbonyl (C=O) groups excluding carboxylic acids is 2. The number of aliphatic imine (C=N–C) groups is 1. The minimum absolute atomic E-state index is 0.280. The molecular formula is C33H35N3O5. The van der Waals surface area contributed by atoms with Crippen LogP contribution >= 0.6 is 0 Å². The Labute approximate surface area is 240 Å². The number of fused-ring (bicyclic) bond motifs is 3. The molecule has 1 N–H and O–H groups in total. The summed E-state index contributed by atoms with van der Waals surface area (Å²) in [6.07, 6.45) is 5.98. The van der Waals surface area contributed by atoms with E-state index >= 15 is 0 Å². The Kier molecular flexibility index (Phi) is 7.43. The van der Waals surface area contributed by atoms with E-state index in [0.29, 0.717) is 24.3 Å². The lowest BCUT2D eigenvalue weighted by Gasteiger charge is -2.31. The molecule has 0 spiro atoms. The monoisotopic (exact) mass is 553 g/mol. The van der Waals surface area contributed by atoms with Gasteiger partial charge in [-0.1, -0.05) is 18.2 Å². The van der Waals surface area contributed by atoms with Gasteiger partial charge >= 0.3 is 5.97 Å². The van der Waals surface area contributed by atoms with Crippen LogP contribution in [0.2, 0.25) is 0 Å². The SMILES string of the molecule is CCOc1cc2c(c3c1OC(C)(C)C3)C(c1ccc(C=CC(=O)OC)c(NC(=O)c3ccccn3)c1)=NC(C)(C)C2. The Hall–Kier alpha value is -4.46. The Morgan fingerprint density at radius 3 is 2.61 bits per heavy atom. The van der Waals surface area contributed by atoms with Crippen molar-refractivity contribution in [3.05, 3.63) is 88.2 Å². The lowest BCUT2D eigenvalue weighted by atomic mass is 9.80. The largest absolute Gasteiger partial charge is 0.490 e. The minimum atomic E-state index is -0.494. The van der Waals surface area contributed by atoms with E-state index in [0.717, 1.165) is 45.9 Å². The van der Waals surface area contributed by atoms with Gasteiger partial charge in [-0.25, -0.2) is 4.79 Å². The summed E-state index contributed by atoms with van der Waals surface area (Å²) in [5, 5.41) is 2.98. The molecule has 1 aromatic heterocycles. The number of pyridine rings is 1. The smallest absolute Gasteiger partial charge is 0.330 e. The molecule has 0 atom stereocenters. The van der Waals surface area contributed by atoms with E-state index < -0.39 is 5.97 Å². The van der Waals surface area contributed by atoms with Crippen LogP contribution in [-0.2, 0) is 22.4 Å². The van der Waals surface area contributed by atoms with E-state index in [1.807, 2.05) is 25.1 Å². The van der Waals surface area contributed by atoms with E-state index in [1.165, 1.54) is 13.2 Å². The van der Waals surface area contributed by atoms with Gasteiger partial charge in [0, 0.05) is 41.1 Å². The van der Waals surface area contributed by atoms with Crippen molar-refractivity contribution >= 4 is 29.4 Å². The number of nitrogens with one attached hydrogen (secondary N) is 1. The van der Waals surface area contributed by atoms with E-state index in [4.69, 9.17) is 19.2 Å². The van der Waals surface area contributed by atoms with Crippen molar-refractivity contribution < 1.29 is 23.8 Å². The van der Waals surface area contributed by atoms with Crippen LogP contribution in [0.5, 0.6) is 11.5 Å². The third kappa shape index (κ3) is 5.87. The second-order valence-electron chi connectivity index (χ2n) is 11.5. The molecule has 3 aromatic rings. The van der Waals surface area contributed by atoms with Gasteiger partial charge in [-0.3, -0.25) is 14.8 Å². The summed E-state index contributed by atoms with van der Waals surface area (Å²) >= 11 is 0. The molecule has 3 heterocycles. The number of hydrogen-bond acceptors (Lipinski definition) is 7. The highest BCUT2D eigenvalue weighted by molar-refractivity contribution is 6.17. The predicted molar refractivity (Wildman–Crippen MR) is 159 cm³/mol. The maximum absolute atomic E-state index is 13.1. The van der Waals surface area contributed by atoms with Gasteiger partial charge in [0.1, 0.15) is 11.3 Å². The van der Waals surface area contributed by atoms with E-state index in [1.54, 1.807) is 30.5 Å². The fourth-order valence-electron chi connectivity index (χ4n) is 5.41. The number of benzene rings is 2. The van der Waals surface area contributed by atoms with Gasteiger partial charge in [0.2, 0.25) is 0 Å². The quantitative estimate of drug-likeness (QED) is 0.293. The Balaban J connectivity index is 1.65. The molecule has 0 bridgehead atoms. The number of hydrogen-bond donors (Lipinski definition) is 1. The summed E-state index contributed by atoms with van der Waals surface area (Å²) in [6.45, 7) is 10.9. The first-order valence-corrected chi connectivity index (χ1v) is 13.7. The standard InChI is InChI=1S/C33H35N3O5/c1-7-40-26-17-22-18-32(2,3)36-29(28(22)23-19-33(4,5)41-30(23)26)21-12-11-20(13-14-27(37)39-6)25(16-21)35-31(38)24-10-8-9-15-34-24/h8-17H,7,18-19H2,1-6H3,(H,35,38). The highest BCUT2D eigenvalue weighted by Gasteiger charge is 2.39. The minimum Gasteiger partial charge on any atom is -0.490 e. The molecule has 2 aliphatic rings. The molecule has 8 heteroatoms. The van der Waals surface area contributed by atoms with Crippen molar-refractivity contribution in [3.63, 3.8) is 0 Å². The van der Waals surface area contributed by atoms with Crippen LogP contribution in [-0.4, -0.2) is 47.4 Å². The van der Waals surface area contributed by atoms with Gasteiger partial charge in [-0.05, 0) is 82.5 Å². The molecule has 0 fully saturated rings. The number of amides is 1. The molecule has 41 heavy (non-hydrogen) atoms. The molecule has 0 aliphatic carbocycles. The van der Waals surface area contributed by atoms with Gasteiger partial charge in [0.15, 0.2) is 11.5 Å². The van der Waals surface area contributed by atoms with E-state index in [9.17, 15) is 9.59 Å². The third-order valence-corrected chi connectivity index (χ3v) is 7.05. The molecule has 5 rings (SSSR count). The summed E-state index contributed by atoms with van der Waals surface area (Å²) in [4.78, 5) is 34.4. The van der Waals surface area contributed by atoms with Crippen molar-refractivity contribution in [1.82, 2.24) is 4.98 Å². The number of nitrogens with zero attached hydrogens (tertiary/aromatic N) is 2. The van der Waals surface area contributed by atoms with Crippen LogP contribution in [0, 0.1) is 0 Å². The molecule has 1 amide bonds. The number of methoxy groups -OCH3 is 1. The highest BCUT2D eigenvalue weighted by atomic mass is 16.5. The Bertz CT molecular complexity index is 1570. The highest BCUT2D eigenvalue weighted by Crippen LogP contribution is 2.48. The number of anilines is 1. The van der Waals surface area contributed by atoms with Crippen LogP contribution in [0.3, 0.4) is 0 Å². The fraction of sp³-hybridized carbons (Fsp3) is 0.333. The molecule has 8 nitrogen and oxygen atoms in total. The van der Waals surface area contributed by atoms with Crippen molar-refractivity contribution in [2.45, 2.75) is 58.6 Å². The number of esters is 1. The van der Waals surface area contributed by atoms with Crippen molar-refractivity contribution in [2.24, 2.45) is 4.99 Å². The molecular weight excluding hydrogens is 518 g/mol. The first-order valence-electron chi connectivity index (χ1n) is 13.7.